The number of hydrogen-bond donors (Lipinski definition) is 1. The number of sulfonamides is 1. The summed E-state index contributed by atoms with van der Waals surface area (Å²) in [6.07, 6.45) is 4.25. The molecular formula is C19H23ClN4O4S. The summed E-state index contributed by atoms with van der Waals surface area (Å²) in [5.74, 6) is -0.125. The van der Waals surface area contributed by atoms with Crippen molar-refractivity contribution < 1.29 is 17.9 Å². The summed E-state index contributed by atoms with van der Waals surface area (Å²) in [4.78, 5) is 19.8. The molecule has 1 atom stereocenters. The second-order valence-electron chi connectivity index (χ2n) is 6.81. The zero-order chi connectivity index (χ0) is 21.0. The molecule has 1 aliphatic heterocycles. The Labute approximate surface area is 175 Å². The van der Waals surface area contributed by atoms with E-state index in [1.165, 1.54) is 22.8 Å². The van der Waals surface area contributed by atoms with Crippen molar-refractivity contribution in [1.29, 1.82) is 0 Å². The quantitative estimate of drug-likeness (QED) is 0.743. The van der Waals surface area contributed by atoms with Crippen LogP contribution in [0.25, 0.3) is 0 Å². The highest BCUT2D eigenvalue weighted by Gasteiger charge is 2.32. The van der Waals surface area contributed by atoms with Crippen LogP contribution in [0.3, 0.4) is 0 Å². The summed E-state index contributed by atoms with van der Waals surface area (Å²) in [7, 11) is -3.70. The van der Waals surface area contributed by atoms with Crippen molar-refractivity contribution in [3.63, 3.8) is 0 Å². The predicted octanol–water partition coefficient (Wildman–Crippen LogP) is 3.02. The van der Waals surface area contributed by atoms with Crippen molar-refractivity contribution in [2.75, 3.05) is 18.4 Å². The van der Waals surface area contributed by atoms with Gasteiger partial charge in [-0.2, -0.15) is 4.31 Å². The minimum Gasteiger partial charge on any atom is -0.459 e. The second kappa shape index (κ2) is 9.06. The SMILES string of the molecule is CCC(=O)Nc1ccc(S(=O)(=O)N2CCCC(Oc3ncc(Cl)cn3)C2)c(C)c1. The number of hydrogen-bond acceptors (Lipinski definition) is 6. The number of aromatic nitrogens is 2. The highest BCUT2D eigenvalue weighted by atomic mass is 35.5. The lowest BCUT2D eigenvalue weighted by Gasteiger charge is -2.31. The predicted molar refractivity (Wildman–Crippen MR) is 110 cm³/mol. The topological polar surface area (TPSA) is 101 Å². The minimum absolute atomic E-state index is 0.125. The number of ether oxygens (including phenoxy) is 1. The van der Waals surface area contributed by atoms with Crippen LogP contribution in [0.2, 0.25) is 5.02 Å². The summed E-state index contributed by atoms with van der Waals surface area (Å²) in [6.45, 7) is 4.10. The van der Waals surface area contributed by atoms with Gasteiger partial charge < -0.3 is 10.1 Å². The number of halogens is 1. The molecule has 1 fully saturated rings. The molecule has 1 unspecified atom stereocenters. The number of carbonyl (C=O) groups is 1. The van der Waals surface area contributed by atoms with Gasteiger partial charge in [-0.3, -0.25) is 4.79 Å². The number of amides is 1. The highest BCUT2D eigenvalue weighted by molar-refractivity contribution is 7.89. The van der Waals surface area contributed by atoms with Gasteiger partial charge in [0.15, 0.2) is 0 Å². The van der Waals surface area contributed by atoms with Gasteiger partial charge >= 0.3 is 6.01 Å². The number of nitrogens with zero attached hydrogens (tertiary/aromatic N) is 3. The van der Waals surface area contributed by atoms with E-state index in [9.17, 15) is 13.2 Å². The molecule has 1 N–H and O–H groups in total. The van der Waals surface area contributed by atoms with Gasteiger partial charge in [0.05, 0.1) is 28.9 Å². The molecule has 0 radical (unpaired) electrons. The van der Waals surface area contributed by atoms with E-state index in [1.807, 2.05) is 0 Å². The maximum Gasteiger partial charge on any atom is 0.316 e. The Balaban J connectivity index is 1.74. The van der Waals surface area contributed by atoms with Gasteiger partial charge in [0.1, 0.15) is 6.10 Å². The van der Waals surface area contributed by atoms with Gasteiger partial charge in [-0.1, -0.05) is 18.5 Å². The average molecular weight is 439 g/mol. The lowest BCUT2D eigenvalue weighted by atomic mass is 10.1. The fourth-order valence-corrected chi connectivity index (χ4v) is 4.95. The first-order valence-electron chi connectivity index (χ1n) is 9.34. The molecule has 1 aromatic carbocycles. The summed E-state index contributed by atoms with van der Waals surface area (Å²) < 4.78 is 33.5. The molecule has 8 nitrogen and oxygen atoms in total. The van der Waals surface area contributed by atoms with Gasteiger partial charge in [0.25, 0.3) is 0 Å². The molecule has 3 rings (SSSR count). The average Bonchev–Trinajstić information content (AvgIpc) is 2.70. The lowest BCUT2D eigenvalue weighted by Crippen LogP contribution is -2.44. The van der Waals surface area contributed by atoms with Gasteiger partial charge in [0.2, 0.25) is 15.9 Å². The number of carbonyl (C=O) groups excluding carboxylic acids is 1. The normalized spacial score (nSPS) is 17.7. The Bertz CT molecular complexity index is 982. The lowest BCUT2D eigenvalue weighted by molar-refractivity contribution is -0.115. The maximum atomic E-state index is 13.2. The van der Waals surface area contributed by atoms with Crippen LogP contribution in [-0.4, -0.2) is 47.8 Å². The molecule has 1 aromatic heterocycles. The Hall–Kier alpha value is -2.23. The molecular weight excluding hydrogens is 416 g/mol. The zero-order valence-electron chi connectivity index (χ0n) is 16.3. The monoisotopic (exact) mass is 438 g/mol. The van der Waals surface area contributed by atoms with Gasteiger partial charge in [0, 0.05) is 18.7 Å². The fourth-order valence-electron chi connectivity index (χ4n) is 3.13. The van der Waals surface area contributed by atoms with E-state index in [0.717, 1.165) is 0 Å². The second-order valence-corrected chi connectivity index (χ2v) is 9.15. The molecule has 2 aromatic rings. The Morgan fingerprint density at radius 3 is 2.72 bits per heavy atom. The van der Waals surface area contributed by atoms with Crippen molar-refractivity contribution in [3.8, 4) is 6.01 Å². The van der Waals surface area contributed by atoms with Crippen molar-refractivity contribution in [2.24, 2.45) is 0 Å². The number of anilines is 1. The minimum atomic E-state index is -3.70. The third-order valence-electron chi connectivity index (χ3n) is 4.61. The summed E-state index contributed by atoms with van der Waals surface area (Å²) in [6, 6.07) is 4.97. The van der Waals surface area contributed by atoms with Crippen LogP contribution in [0.5, 0.6) is 6.01 Å². The molecule has 0 saturated carbocycles. The molecule has 156 valence electrons. The van der Waals surface area contributed by atoms with Crippen molar-refractivity contribution >= 4 is 33.2 Å². The standard InChI is InChI=1S/C19H23ClN4O4S/c1-3-18(25)23-15-6-7-17(13(2)9-15)29(26,27)24-8-4-5-16(12-24)28-19-21-10-14(20)11-22-19/h6-7,9-11,16H,3-5,8,12H2,1-2H3,(H,23,25). The van der Waals surface area contributed by atoms with Crippen LogP contribution >= 0.6 is 11.6 Å². The molecule has 0 aliphatic carbocycles. The first-order valence-corrected chi connectivity index (χ1v) is 11.2. The van der Waals surface area contributed by atoms with Gasteiger partial charge in [-0.25, -0.2) is 18.4 Å². The first-order chi connectivity index (χ1) is 13.8. The van der Waals surface area contributed by atoms with E-state index in [1.54, 1.807) is 26.0 Å². The molecule has 1 amide bonds. The number of rotatable bonds is 6. The van der Waals surface area contributed by atoms with Crippen LogP contribution < -0.4 is 10.1 Å². The Morgan fingerprint density at radius 2 is 2.07 bits per heavy atom. The van der Waals surface area contributed by atoms with Crippen LogP contribution in [0, 0.1) is 6.92 Å². The summed E-state index contributed by atoms with van der Waals surface area (Å²) in [5, 5.41) is 3.14. The molecule has 1 aliphatic rings. The van der Waals surface area contributed by atoms with Crippen LogP contribution in [0.4, 0.5) is 5.69 Å². The number of piperidine rings is 1. The molecule has 0 spiro atoms. The molecule has 0 bridgehead atoms. The maximum absolute atomic E-state index is 13.2. The van der Waals surface area contributed by atoms with E-state index in [-0.39, 0.29) is 29.5 Å². The van der Waals surface area contributed by atoms with Crippen molar-refractivity contribution in [1.82, 2.24) is 14.3 Å². The highest BCUT2D eigenvalue weighted by Crippen LogP contribution is 2.26. The largest absolute Gasteiger partial charge is 0.459 e. The number of nitrogens with one attached hydrogen (secondary N) is 1. The molecule has 10 heteroatoms. The Kier molecular flexibility index (Phi) is 6.71. The third kappa shape index (κ3) is 5.23. The van der Waals surface area contributed by atoms with E-state index >= 15 is 0 Å². The third-order valence-corrected chi connectivity index (χ3v) is 6.83. The van der Waals surface area contributed by atoms with E-state index in [4.69, 9.17) is 16.3 Å². The van der Waals surface area contributed by atoms with E-state index in [0.29, 0.717) is 42.1 Å². The summed E-state index contributed by atoms with van der Waals surface area (Å²) >= 11 is 5.78. The zero-order valence-corrected chi connectivity index (χ0v) is 17.8. The molecule has 2 heterocycles. The van der Waals surface area contributed by atoms with Crippen LogP contribution in [0.15, 0.2) is 35.5 Å². The first kappa shape index (κ1) is 21.5. The van der Waals surface area contributed by atoms with Crippen molar-refractivity contribution in [3.05, 3.63) is 41.2 Å². The Morgan fingerprint density at radius 1 is 1.34 bits per heavy atom. The van der Waals surface area contributed by atoms with E-state index in [2.05, 4.69) is 15.3 Å². The van der Waals surface area contributed by atoms with Gasteiger partial charge in [-0.15, -0.1) is 0 Å². The molecule has 29 heavy (non-hydrogen) atoms. The van der Waals surface area contributed by atoms with Gasteiger partial charge in [-0.05, 0) is 43.5 Å². The summed E-state index contributed by atoms with van der Waals surface area (Å²) in [5.41, 5.74) is 1.15. The van der Waals surface area contributed by atoms with Crippen molar-refractivity contribution in [2.45, 2.75) is 44.1 Å². The molecule has 1 saturated heterocycles. The fraction of sp³-hybridized carbons (Fsp3) is 0.421. The van der Waals surface area contributed by atoms with Crippen LogP contribution in [-0.2, 0) is 14.8 Å². The van der Waals surface area contributed by atoms with E-state index < -0.39 is 10.0 Å². The smallest absolute Gasteiger partial charge is 0.316 e. The van der Waals surface area contributed by atoms with Crippen LogP contribution in [0.1, 0.15) is 31.7 Å². The number of aryl methyl sites for hydroxylation is 1. The number of benzene rings is 1.